The second-order valence-electron chi connectivity index (χ2n) is 8.09. The van der Waals surface area contributed by atoms with E-state index in [-0.39, 0.29) is 12.1 Å². The first kappa shape index (κ1) is 22.6. The van der Waals surface area contributed by atoms with Crippen LogP contribution in [0.1, 0.15) is 30.5 Å². The lowest BCUT2D eigenvalue weighted by atomic mass is 9.95. The highest BCUT2D eigenvalue weighted by Crippen LogP contribution is 2.31. The third-order valence-corrected chi connectivity index (χ3v) is 7.10. The van der Waals surface area contributed by atoms with E-state index >= 15 is 0 Å². The van der Waals surface area contributed by atoms with Crippen molar-refractivity contribution in [1.82, 2.24) is 9.13 Å². The van der Waals surface area contributed by atoms with Crippen LogP contribution in [0.2, 0.25) is 0 Å². The van der Waals surface area contributed by atoms with Crippen LogP contribution in [0.25, 0.3) is 17.0 Å². The third kappa shape index (κ3) is 3.80. The lowest BCUT2D eigenvalue weighted by Gasteiger charge is -2.25. The Morgan fingerprint density at radius 2 is 1.94 bits per heavy atom. The number of nitriles is 1. The second kappa shape index (κ2) is 9.20. The zero-order valence-corrected chi connectivity index (χ0v) is 20.1. The number of aromatic nitrogens is 2. The third-order valence-electron chi connectivity index (χ3n) is 6.11. The van der Waals surface area contributed by atoms with Gasteiger partial charge in [-0.2, -0.15) is 5.26 Å². The molecule has 0 amide bonds. The Morgan fingerprint density at radius 3 is 2.66 bits per heavy atom. The first-order valence-electron chi connectivity index (χ1n) is 11.2. The van der Waals surface area contributed by atoms with Crippen LogP contribution in [0.4, 0.5) is 0 Å². The van der Waals surface area contributed by atoms with Crippen molar-refractivity contribution in [2.24, 2.45) is 4.99 Å². The summed E-state index contributed by atoms with van der Waals surface area (Å²) in [6.07, 6.45) is 4.26. The predicted octanol–water partition coefficient (Wildman–Crippen LogP) is 3.28. The van der Waals surface area contributed by atoms with Crippen LogP contribution in [0.15, 0.2) is 81.9 Å². The number of para-hydroxylation sites is 1. The lowest BCUT2D eigenvalue weighted by Crippen LogP contribution is -2.40. The molecule has 0 spiro atoms. The molecule has 0 fully saturated rings. The number of allylic oxidation sites excluding steroid dienone is 1. The normalized spacial score (nSPS) is 15.6. The van der Waals surface area contributed by atoms with E-state index in [1.165, 1.54) is 18.4 Å². The van der Waals surface area contributed by atoms with Gasteiger partial charge >= 0.3 is 5.97 Å². The van der Waals surface area contributed by atoms with Crippen molar-refractivity contribution in [1.29, 1.82) is 5.26 Å². The summed E-state index contributed by atoms with van der Waals surface area (Å²) in [6.45, 7) is 2.15. The smallest absolute Gasteiger partial charge is 0.338 e. The summed E-state index contributed by atoms with van der Waals surface area (Å²) in [5.41, 5.74) is 3.36. The largest absolute Gasteiger partial charge is 0.466 e. The Labute approximate surface area is 205 Å². The molecule has 2 aromatic heterocycles. The van der Waals surface area contributed by atoms with Crippen LogP contribution in [0, 0.1) is 11.3 Å². The van der Waals surface area contributed by atoms with E-state index in [2.05, 4.69) is 6.07 Å². The fourth-order valence-corrected chi connectivity index (χ4v) is 5.56. The number of methoxy groups -OCH3 is 1. The van der Waals surface area contributed by atoms with Gasteiger partial charge in [-0.1, -0.05) is 66.8 Å². The van der Waals surface area contributed by atoms with Crippen molar-refractivity contribution >= 4 is 34.3 Å². The lowest BCUT2D eigenvalue weighted by molar-refractivity contribution is -0.136. The van der Waals surface area contributed by atoms with Gasteiger partial charge in [0.25, 0.3) is 5.56 Å². The quantitative estimate of drug-likeness (QED) is 0.409. The highest BCUT2D eigenvalue weighted by atomic mass is 32.1. The molecule has 0 saturated carbocycles. The molecule has 35 heavy (non-hydrogen) atoms. The number of benzene rings is 2. The molecule has 1 aliphatic heterocycles. The number of hydrogen-bond donors (Lipinski definition) is 0. The molecule has 8 heteroatoms. The van der Waals surface area contributed by atoms with E-state index in [0.29, 0.717) is 27.0 Å². The Kier molecular flexibility index (Phi) is 5.93. The molecular weight excluding hydrogens is 460 g/mol. The van der Waals surface area contributed by atoms with Crippen molar-refractivity contribution in [2.45, 2.75) is 25.9 Å². The summed E-state index contributed by atoms with van der Waals surface area (Å²) in [5.74, 6) is -0.492. The highest BCUT2D eigenvalue weighted by Gasteiger charge is 2.33. The molecule has 3 heterocycles. The fraction of sp³-hybridized carbons (Fsp3) is 0.185. The number of esters is 1. The minimum atomic E-state index is -0.628. The number of thiazole rings is 1. The van der Waals surface area contributed by atoms with Crippen molar-refractivity contribution in [2.75, 3.05) is 7.11 Å². The molecular formula is C27H22N4O3S. The van der Waals surface area contributed by atoms with E-state index in [4.69, 9.17) is 9.73 Å². The number of carbonyl (C=O) groups is 1. The first-order chi connectivity index (χ1) is 17.1. The zero-order valence-electron chi connectivity index (χ0n) is 19.3. The minimum Gasteiger partial charge on any atom is -0.466 e. The summed E-state index contributed by atoms with van der Waals surface area (Å²) in [4.78, 5) is 31.9. The molecule has 174 valence electrons. The summed E-state index contributed by atoms with van der Waals surface area (Å²) >= 11 is 1.29. The van der Waals surface area contributed by atoms with Gasteiger partial charge in [0.2, 0.25) is 0 Å². The molecule has 2 aromatic carbocycles. The Hall–Kier alpha value is -4.22. The van der Waals surface area contributed by atoms with Crippen LogP contribution in [-0.2, 0) is 16.1 Å². The molecule has 0 radical (unpaired) electrons. The number of rotatable bonds is 5. The standard InChI is InChI=1S/C27H22N4O3S/c1-3-20-23(26(33)34-2)24(17-9-5-4-6-10-17)31-25(32)22(35-27(31)29-20)15-18-16-30(14-13-28)21-12-8-7-11-19(18)21/h4-12,15-16,24H,3,14H2,1-2H3/b22-15+/t24-/m1/s1. The van der Waals surface area contributed by atoms with Crippen molar-refractivity contribution in [3.05, 3.63) is 103 Å². The molecule has 5 rings (SSSR count). The molecule has 1 aliphatic rings. The average molecular weight is 483 g/mol. The van der Waals surface area contributed by atoms with Crippen LogP contribution in [0.3, 0.4) is 0 Å². The van der Waals surface area contributed by atoms with Crippen LogP contribution in [-0.4, -0.2) is 22.2 Å². The molecule has 0 aliphatic carbocycles. The second-order valence-corrected chi connectivity index (χ2v) is 9.10. The maximum absolute atomic E-state index is 13.8. The van der Waals surface area contributed by atoms with Crippen LogP contribution < -0.4 is 14.9 Å². The Morgan fingerprint density at radius 1 is 1.20 bits per heavy atom. The van der Waals surface area contributed by atoms with Gasteiger partial charge < -0.3 is 9.30 Å². The van der Waals surface area contributed by atoms with Gasteiger partial charge in [-0.3, -0.25) is 9.36 Å². The van der Waals surface area contributed by atoms with Crippen molar-refractivity contribution in [3.8, 4) is 6.07 Å². The van der Waals surface area contributed by atoms with E-state index < -0.39 is 12.0 Å². The van der Waals surface area contributed by atoms with Gasteiger partial charge in [0.05, 0.1) is 35.0 Å². The van der Waals surface area contributed by atoms with Gasteiger partial charge in [-0.15, -0.1) is 0 Å². The molecule has 4 aromatic rings. The highest BCUT2D eigenvalue weighted by molar-refractivity contribution is 7.07. The van der Waals surface area contributed by atoms with E-state index in [1.54, 1.807) is 4.57 Å². The molecule has 0 unspecified atom stereocenters. The van der Waals surface area contributed by atoms with Gasteiger partial charge in [0.15, 0.2) is 4.80 Å². The minimum absolute atomic E-state index is 0.214. The van der Waals surface area contributed by atoms with Gasteiger partial charge in [-0.05, 0) is 24.1 Å². The number of hydrogen-bond acceptors (Lipinski definition) is 6. The molecule has 0 bridgehead atoms. The van der Waals surface area contributed by atoms with Crippen molar-refractivity contribution < 1.29 is 9.53 Å². The van der Waals surface area contributed by atoms with Gasteiger partial charge in [0, 0.05) is 22.7 Å². The number of carbonyl (C=O) groups excluding carboxylic acids is 1. The monoisotopic (exact) mass is 482 g/mol. The van der Waals surface area contributed by atoms with E-state index in [0.717, 1.165) is 22.0 Å². The fourth-order valence-electron chi connectivity index (χ4n) is 4.55. The summed E-state index contributed by atoms with van der Waals surface area (Å²) in [6, 6.07) is 18.8. The number of nitrogens with zero attached hydrogens (tertiary/aromatic N) is 4. The summed E-state index contributed by atoms with van der Waals surface area (Å²) < 4.78 is 9.06. The maximum Gasteiger partial charge on any atom is 0.338 e. The summed E-state index contributed by atoms with van der Waals surface area (Å²) in [5, 5.41) is 10.2. The average Bonchev–Trinajstić information content (AvgIpc) is 3.40. The first-order valence-corrected chi connectivity index (χ1v) is 12.0. The number of ether oxygens (including phenoxy) is 1. The van der Waals surface area contributed by atoms with Crippen LogP contribution in [0.5, 0.6) is 0 Å². The van der Waals surface area contributed by atoms with Crippen LogP contribution >= 0.6 is 11.3 Å². The topological polar surface area (TPSA) is 89.4 Å². The Bertz CT molecular complexity index is 1700. The van der Waals surface area contributed by atoms with Gasteiger partial charge in [-0.25, -0.2) is 9.79 Å². The van der Waals surface area contributed by atoms with Crippen molar-refractivity contribution in [3.63, 3.8) is 0 Å². The maximum atomic E-state index is 13.8. The van der Waals surface area contributed by atoms with Gasteiger partial charge in [0.1, 0.15) is 6.54 Å². The molecule has 7 nitrogen and oxygen atoms in total. The predicted molar refractivity (Wildman–Crippen MR) is 134 cm³/mol. The summed E-state index contributed by atoms with van der Waals surface area (Å²) in [7, 11) is 1.34. The zero-order chi connectivity index (χ0) is 24.5. The van der Waals surface area contributed by atoms with E-state index in [1.807, 2.05) is 78.4 Å². The molecule has 0 N–H and O–H groups in total. The Balaban J connectivity index is 1.77. The molecule has 1 atom stereocenters. The number of fused-ring (bicyclic) bond motifs is 2. The SMILES string of the molecule is CCC1=C(C(=O)OC)[C@@H](c2ccccc2)n2c(s/c(=C/c3cn(CC#N)c4ccccc34)c2=O)=N1. The molecule has 0 saturated heterocycles. The van der Waals surface area contributed by atoms with E-state index in [9.17, 15) is 14.9 Å².